The van der Waals surface area contributed by atoms with Gasteiger partial charge in [-0.1, -0.05) is 28.1 Å². The molecule has 1 aromatic rings. The zero-order valence-electron chi connectivity index (χ0n) is 8.70. The van der Waals surface area contributed by atoms with E-state index in [2.05, 4.69) is 59.1 Å². The molecule has 0 bridgehead atoms. The summed E-state index contributed by atoms with van der Waals surface area (Å²) >= 11 is 3.42. The first-order valence-corrected chi connectivity index (χ1v) is 5.57. The van der Waals surface area contributed by atoms with Gasteiger partial charge in [0.2, 0.25) is 0 Å². The Labute approximate surface area is 94.2 Å². The van der Waals surface area contributed by atoms with Crippen molar-refractivity contribution in [3.8, 4) is 0 Å². The molecular weight excluding hydrogens is 240 g/mol. The van der Waals surface area contributed by atoms with E-state index >= 15 is 0 Å². The van der Waals surface area contributed by atoms with E-state index in [0.717, 1.165) is 11.0 Å². The number of hydrogen-bond acceptors (Lipinski definition) is 2. The van der Waals surface area contributed by atoms with Gasteiger partial charge in [-0.05, 0) is 31.7 Å². The molecule has 1 unspecified atom stereocenters. The molecule has 0 amide bonds. The van der Waals surface area contributed by atoms with E-state index < -0.39 is 0 Å². The van der Waals surface area contributed by atoms with Crippen LogP contribution in [-0.2, 0) is 6.54 Å². The van der Waals surface area contributed by atoms with Gasteiger partial charge in [-0.15, -0.1) is 0 Å². The molecule has 0 heterocycles. The monoisotopic (exact) mass is 256 g/mol. The van der Waals surface area contributed by atoms with Gasteiger partial charge in [-0.3, -0.25) is 4.90 Å². The Balaban J connectivity index is 2.56. The summed E-state index contributed by atoms with van der Waals surface area (Å²) in [7, 11) is 2.10. The van der Waals surface area contributed by atoms with Crippen LogP contribution in [0.4, 0.5) is 0 Å². The van der Waals surface area contributed by atoms with Gasteiger partial charge in [-0.2, -0.15) is 0 Å². The van der Waals surface area contributed by atoms with Crippen LogP contribution in [0.2, 0.25) is 0 Å². The summed E-state index contributed by atoms with van der Waals surface area (Å²) in [6.45, 7) is 3.79. The number of hydrogen-bond donors (Lipinski definition) is 1. The van der Waals surface area contributed by atoms with Crippen LogP contribution in [-0.4, -0.2) is 24.5 Å². The second-order valence-corrected chi connectivity index (χ2v) is 4.54. The Morgan fingerprint density at radius 1 is 1.36 bits per heavy atom. The van der Waals surface area contributed by atoms with Crippen LogP contribution in [0.25, 0.3) is 0 Å². The summed E-state index contributed by atoms with van der Waals surface area (Å²) in [5, 5.41) is 0. The van der Waals surface area contributed by atoms with Crippen LogP contribution in [0, 0.1) is 0 Å². The van der Waals surface area contributed by atoms with Crippen LogP contribution >= 0.6 is 15.9 Å². The molecule has 1 atom stereocenters. The second-order valence-electron chi connectivity index (χ2n) is 3.63. The zero-order valence-corrected chi connectivity index (χ0v) is 10.3. The molecule has 1 aromatic carbocycles. The van der Waals surface area contributed by atoms with Crippen molar-refractivity contribution >= 4 is 15.9 Å². The van der Waals surface area contributed by atoms with Crippen molar-refractivity contribution in [2.24, 2.45) is 5.73 Å². The van der Waals surface area contributed by atoms with Gasteiger partial charge in [0.05, 0.1) is 0 Å². The van der Waals surface area contributed by atoms with Crippen LogP contribution < -0.4 is 5.73 Å². The van der Waals surface area contributed by atoms with Crippen molar-refractivity contribution in [2.45, 2.75) is 19.5 Å². The van der Waals surface area contributed by atoms with Gasteiger partial charge in [0.25, 0.3) is 0 Å². The summed E-state index contributed by atoms with van der Waals surface area (Å²) < 4.78 is 1.12. The number of nitrogens with zero attached hydrogens (tertiary/aromatic N) is 1. The summed E-state index contributed by atoms with van der Waals surface area (Å²) in [6, 6.07) is 8.82. The van der Waals surface area contributed by atoms with E-state index in [4.69, 9.17) is 5.73 Å². The lowest BCUT2D eigenvalue weighted by Gasteiger charge is -2.23. The highest BCUT2D eigenvalue weighted by Crippen LogP contribution is 2.12. The molecular formula is C11H17BrN2. The normalized spacial score (nSPS) is 13.2. The van der Waals surface area contributed by atoms with Crippen molar-refractivity contribution < 1.29 is 0 Å². The molecule has 0 aliphatic carbocycles. The SMILES string of the molecule is CC(CN)N(C)Cc1ccc(Br)cc1. The Hall–Kier alpha value is -0.380. The van der Waals surface area contributed by atoms with Crippen molar-refractivity contribution in [1.82, 2.24) is 4.90 Å². The third-order valence-electron chi connectivity index (χ3n) is 2.44. The molecule has 1 rings (SSSR count). The predicted molar refractivity (Wildman–Crippen MR) is 64.1 cm³/mol. The average Bonchev–Trinajstić information content (AvgIpc) is 2.20. The quantitative estimate of drug-likeness (QED) is 0.896. The lowest BCUT2D eigenvalue weighted by atomic mass is 10.2. The van der Waals surface area contributed by atoms with Crippen molar-refractivity contribution in [2.75, 3.05) is 13.6 Å². The molecule has 3 heteroatoms. The molecule has 0 aromatic heterocycles. The molecule has 78 valence electrons. The molecule has 0 radical (unpaired) electrons. The van der Waals surface area contributed by atoms with Gasteiger partial charge < -0.3 is 5.73 Å². The topological polar surface area (TPSA) is 29.3 Å². The summed E-state index contributed by atoms with van der Waals surface area (Å²) in [5.74, 6) is 0. The molecule has 2 N–H and O–H groups in total. The maximum Gasteiger partial charge on any atom is 0.0234 e. The average molecular weight is 257 g/mol. The number of halogens is 1. The third-order valence-corrected chi connectivity index (χ3v) is 2.97. The van der Waals surface area contributed by atoms with E-state index in [1.54, 1.807) is 0 Å². The minimum absolute atomic E-state index is 0.429. The smallest absolute Gasteiger partial charge is 0.0234 e. The molecule has 14 heavy (non-hydrogen) atoms. The second kappa shape index (κ2) is 5.49. The van der Waals surface area contributed by atoms with Crippen LogP contribution in [0.15, 0.2) is 28.7 Å². The highest BCUT2D eigenvalue weighted by Gasteiger charge is 2.06. The minimum Gasteiger partial charge on any atom is -0.329 e. The fourth-order valence-electron chi connectivity index (χ4n) is 1.21. The highest BCUT2D eigenvalue weighted by molar-refractivity contribution is 9.10. The summed E-state index contributed by atoms with van der Waals surface area (Å²) in [6.07, 6.45) is 0. The molecule has 0 spiro atoms. The molecule has 2 nitrogen and oxygen atoms in total. The number of rotatable bonds is 4. The standard InChI is InChI=1S/C11H17BrN2/c1-9(7-13)14(2)8-10-3-5-11(12)6-4-10/h3-6,9H,7-8,13H2,1-2H3. The molecule has 0 saturated carbocycles. The van der Waals surface area contributed by atoms with E-state index in [0.29, 0.717) is 12.6 Å². The highest BCUT2D eigenvalue weighted by atomic mass is 79.9. The molecule has 0 aliphatic heterocycles. The Bertz CT molecular complexity index is 271. The first-order valence-electron chi connectivity index (χ1n) is 4.78. The molecule has 0 fully saturated rings. The fourth-order valence-corrected chi connectivity index (χ4v) is 1.48. The van der Waals surface area contributed by atoms with Crippen LogP contribution in [0.3, 0.4) is 0 Å². The van der Waals surface area contributed by atoms with E-state index in [9.17, 15) is 0 Å². The van der Waals surface area contributed by atoms with Gasteiger partial charge in [0.1, 0.15) is 0 Å². The first kappa shape index (κ1) is 11.7. The predicted octanol–water partition coefficient (Wildman–Crippen LogP) is 2.23. The third kappa shape index (κ3) is 3.40. The van der Waals surface area contributed by atoms with E-state index in [-0.39, 0.29) is 0 Å². The van der Waals surface area contributed by atoms with Gasteiger partial charge in [-0.25, -0.2) is 0 Å². The minimum atomic E-state index is 0.429. The molecule has 0 saturated heterocycles. The fraction of sp³-hybridized carbons (Fsp3) is 0.455. The number of likely N-dealkylation sites (N-methyl/N-ethyl adjacent to an activating group) is 1. The summed E-state index contributed by atoms with van der Waals surface area (Å²) in [4.78, 5) is 2.25. The lowest BCUT2D eigenvalue weighted by molar-refractivity contribution is 0.255. The van der Waals surface area contributed by atoms with Crippen molar-refractivity contribution in [3.05, 3.63) is 34.3 Å². The Kier molecular flexibility index (Phi) is 4.58. The van der Waals surface area contributed by atoms with E-state index in [1.807, 2.05) is 0 Å². The molecule has 0 aliphatic rings. The first-order chi connectivity index (χ1) is 6.63. The Morgan fingerprint density at radius 2 is 1.93 bits per heavy atom. The van der Waals surface area contributed by atoms with Crippen molar-refractivity contribution in [1.29, 1.82) is 0 Å². The maximum absolute atomic E-state index is 5.60. The van der Waals surface area contributed by atoms with Gasteiger partial charge >= 0.3 is 0 Å². The van der Waals surface area contributed by atoms with Crippen LogP contribution in [0.1, 0.15) is 12.5 Å². The zero-order chi connectivity index (χ0) is 10.6. The van der Waals surface area contributed by atoms with Crippen molar-refractivity contribution in [3.63, 3.8) is 0 Å². The van der Waals surface area contributed by atoms with Gasteiger partial charge in [0, 0.05) is 23.6 Å². The summed E-state index contributed by atoms with van der Waals surface area (Å²) in [5.41, 5.74) is 6.92. The largest absolute Gasteiger partial charge is 0.329 e. The lowest BCUT2D eigenvalue weighted by Crippen LogP contribution is -2.34. The maximum atomic E-state index is 5.60. The number of benzene rings is 1. The van der Waals surface area contributed by atoms with E-state index in [1.165, 1.54) is 5.56 Å². The Morgan fingerprint density at radius 3 is 2.43 bits per heavy atom. The van der Waals surface area contributed by atoms with Crippen LogP contribution in [0.5, 0.6) is 0 Å². The van der Waals surface area contributed by atoms with Gasteiger partial charge in [0.15, 0.2) is 0 Å². The number of nitrogens with two attached hydrogens (primary N) is 1.